The van der Waals surface area contributed by atoms with Crippen LogP contribution in [0.5, 0.6) is 0 Å². The summed E-state index contributed by atoms with van der Waals surface area (Å²) >= 11 is 2.98. The molecule has 0 saturated heterocycles. The van der Waals surface area contributed by atoms with Crippen molar-refractivity contribution in [1.82, 2.24) is 5.32 Å². The van der Waals surface area contributed by atoms with Gasteiger partial charge in [-0.1, -0.05) is 24.3 Å². The third-order valence-corrected chi connectivity index (χ3v) is 5.28. The van der Waals surface area contributed by atoms with Crippen molar-refractivity contribution in [2.45, 2.75) is 6.54 Å². The number of thiophene rings is 2. The van der Waals surface area contributed by atoms with Gasteiger partial charge in [0.25, 0.3) is 11.8 Å². The first-order chi connectivity index (χ1) is 11.7. The Morgan fingerprint density at radius 2 is 1.75 bits per heavy atom. The summed E-state index contributed by atoms with van der Waals surface area (Å²) in [6.45, 7) is 0.480. The van der Waals surface area contributed by atoms with E-state index in [1.165, 1.54) is 16.2 Å². The zero-order valence-electron chi connectivity index (χ0n) is 13.1. The van der Waals surface area contributed by atoms with Gasteiger partial charge in [0, 0.05) is 11.9 Å². The van der Waals surface area contributed by atoms with Crippen LogP contribution in [0.25, 0.3) is 0 Å². The van der Waals surface area contributed by atoms with Crippen LogP contribution in [0.2, 0.25) is 0 Å². The summed E-state index contributed by atoms with van der Waals surface area (Å²) in [5.74, 6) is -0.312. The van der Waals surface area contributed by atoms with Crippen LogP contribution in [0.4, 0.5) is 5.69 Å². The maximum atomic E-state index is 12.5. The number of anilines is 1. The number of nitrogens with one attached hydrogen (secondary N) is 1. The normalized spacial score (nSPS) is 10.4. The molecule has 3 aromatic rings. The minimum absolute atomic E-state index is 0.122. The zero-order chi connectivity index (χ0) is 16.9. The molecule has 122 valence electrons. The molecular weight excluding hydrogens is 340 g/mol. The number of nitrogens with zero attached hydrogens (tertiary/aromatic N) is 1. The minimum Gasteiger partial charge on any atom is -0.347 e. The first kappa shape index (κ1) is 16.4. The molecule has 0 spiro atoms. The number of carbonyl (C=O) groups excluding carboxylic acids is 2. The van der Waals surface area contributed by atoms with E-state index in [1.807, 2.05) is 35.0 Å². The Hall–Kier alpha value is -2.44. The lowest BCUT2D eigenvalue weighted by Gasteiger charge is -2.19. The molecule has 1 N–H and O–H groups in total. The van der Waals surface area contributed by atoms with Gasteiger partial charge < -0.3 is 10.2 Å². The molecule has 24 heavy (non-hydrogen) atoms. The van der Waals surface area contributed by atoms with E-state index in [-0.39, 0.29) is 11.8 Å². The SMILES string of the molecule is CN(C(=O)c1cccs1)c1ccccc1C(=O)NCc1cccs1. The topological polar surface area (TPSA) is 49.4 Å². The number of benzene rings is 1. The molecule has 0 aliphatic heterocycles. The number of carbonyl (C=O) groups is 2. The Balaban J connectivity index is 1.79. The van der Waals surface area contributed by atoms with Crippen LogP contribution in [0.3, 0.4) is 0 Å². The second kappa shape index (κ2) is 7.42. The van der Waals surface area contributed by atoms with Gasteiger partial charge in [-0.3, -0.25) is 9.59 Å². The fourth-order valence-electron chi connectivity index (χ4n) is 2.31. The van der Waals surface area contributed by atoms with Gasteiger partial charge >= 0.3 is 0 Å². The lowest BCUT2D eigenvalue weighted by atomic mass is 10.1. The van der Waals surface area contributed by atoms with E-state index in [1.54, 1.807) is 42.6 Å². The molecule has 0 aliphatic carbocycles. The Morgan fingerprint density at radius 3 is 2.46 bits per heavy atom. The van der Waals surface area contributed by atoms with Crippen molar-refractivity contribution in [1.29, 1.82) is 0 Å². The fraction of sp³-hybridized carbons (Fsp3) is 0.111. The molecule has 0 fully saturated rings. The van der Waals surface area contributed by atoms with Crippen LogP contribution >= 0.6 is 22.7 Å². The van der Waals surface area contributed by atoms with E-state index < -0.39 is 0 Å². The molecule has 2 aromatic heterocycles. The first-order valence-corrected chi connectivity index (χ1v) is 9.14. The van der Waals surface area contributed by atoms with Gasteiger partial charge in [0.05, 0.1) is 22.7 Å². The Kier molecular flexibility index (Phi) is 5.08. The molecule has 0 aliphatic rings. The van der Waals surface area contributed by atoms with Gasteiger partial charge in [-0.2, -0.15) is 0 Å². The smallest absolute Gasteiger partial charge is 0.268 e. The van der Waals surface area contributed by atoms with Gasteiger partial charge in [0.2, 0.25) is 0 Å². The van der Waals surface area contributed by atoms with Crippen LogP contribution in [-0.4, -0.2) is 18.9 Å². The van der Waals surface area contributed by atoms with Crippen molar-refractivity contribution in [3.8, 4) is 0 Å². The maximum absolute atomic E-state index is 12.5. The van der Waals surface area contributed by atoms with E-state index in [2.05, 4.69) is 5.32 Å². The number of para-hydroxylation sites is 1. The molecular formula is C18H16N2O2S2. The van der Waals surface area contributed by atoms with Crippen molar-refractivity contribution in [2.75, 3.05) is 11.9 Å². The van der Waals surface area contributed by atoms with Crippen molar-refractivity contribution < 1.29 is 9.59 Å². The van der Waals surface area contributed by atoms with Gasteiger partial charge in [0.1, 0.15) is 0 Å². The molecule has 0 atom stereocenters. The van der Waals surface area contributed by atoms with Crippen LogP contribution in [0.1, 0.15) is 24.9 Å². The van der Waals surface area contributed by atoms with E-state index >= 15 is 0 Å². The number of hydrogen-bond donors (Lipinski definition) is 1. The van der Waals surface area contributed by atoms with Crippen LogP contribution in [-0.2, 0) is 6.54 Å². The first-order valence-electron chi connectivity index (χ1n) is 7.38. The monoisotopic (exact) mass is 356 g/mol. The van der Waals surface area contributed by atoms with Gasteiger partial charge in [0.15, 0.2) is 0 Å². The van der Waals surface area contributed by atoms with Crippen LogP contribution < -0.4 is 10.2 Å². The summed E-state index contributed by atoms with van der Waals surface area (Å²) in [6.07, 6.45) is 0. The fourth-order valence-corrected chi connectivity index (χ4v) is 3.65. The lowest BCUT2D eigenvalue weighted by Crippen LogP contribution is -2.30. The second-order valence-corrected chi connectivity index (χ2v) is 7.10. The third-order valence-electron chi connectivity index (χ3n) is 3.55. The van der Waals surface area contributed by atoms with E-state index in [0.717, 1.165) is 4.88 Å². The highest BCUT2D eigenvalue weighted by atomic mass is 32.1. The second-order valence-electron chi connectivity index (χ2n) is 5.12. The molecule has 0 radical (unpaired) electrons. The molecule has 3 rings (SSSR count). The molecule has 0 saturated carbocycles. The molecule has 2 heterocycles. The summed E-state index contributed by atoms with van der Waals surface area (Å²) in [6, 6.07) is 14.7. The molecule has 6 heteroatoms. The van der Waals surface area contributed by atoms with Crippen molar-refractivity contribution in [3.05, 3.63) is 74.6 Å². The average Bonchev–Trinajstić information content (AvgIpc) is 3.31. The van der Waals surface area contributed by atoms with Crippen molar-refractivity contribution in [2.24, 2.45) is 0 Å². The molecule has 0 unspecified atom stereocenters. The van der Waals surface area contributed by atoms with Crippen LogP contribution in [0.15, 0.2) is 59.3 Å². The van der Waals surface area contributed by atoms with Crippen molar-refractivity contribution >= 4 is 40.2 Å². The van der Waals surface area contributed by atoms with Gasteiger partial charge in [-0.15, -0.1) is 22.7 Å². The van der Waals surface area contributed by atoms with Crippen LogP contribution in [0, 0.1) is 0 Å². The Labute approximate surface area is 148 Å². The van der Waals surface area contributed by atoms with E-state index in [0.29, 0.717) is 22.7 Å². The quantitative estimate of drug-likeness (QED) is 0.751. The lowest BCUT2D eigenvalue weighted by molar-refractivity contribution is 0.0952. The maximum Gasteiger partial charge on any atom is 0.268 e. The number of hydrogen-bond acceptors (Lipinski definition) is 4. The van der Waals surface area contributed by atoms with Gasteiger partial charge in [-0.25, -0.2) is 0 Å². The molecule has 2 amide bonds. The number of rotatable bonds is 5. The molecule has 0 bridgehead atoms. The van der Waals surface area contributed by atoms with Gasteiger partial charge in [-0.05, 0) is 35.0 Å². The highest BCUT2D eigenvalue weighted by Crippen LogP contribution is 2.22. The summed E-state index contributed by atoms with van der Waals surface area (Å²) in [5, 5.41) is 6.74. The molecule has 4 nitrogen and oxygen atoms in total. The summed E-state index contributed by atoms with van der Waals surface area (Å²) in [7, 11) is 1.69. The molecule has 1 aromatic carbocycles. The largest absolute Gasteiger partial charge is 0.347 e. The summed E-state index contributed by atoms with van der Waals surface area (Å²) < 4.78 is 0. The van der Waals surface area contributed by atoms with Crippen molar-refractivity contribution in [3.63, 3.8) is 0 Å². The van der Waals surface area contributed by atoms with E-state index in [9.17, 15) is 9.59 Å². The highest BCUT2D eigenvalue weighted by molar-refractivity contribution is 7.12. The standard InChI is InChI=1S/C18H16N2O2S2/c1-20(18(22)16-9-5-11-24-16)15-8-3-2-7-14(15)17(21)19-12-13-6-4-10-23-13/h2-11H,12H2,1H3,(H,19,21). The summed E-state index contributed by atoms with van der Waals surface area (Å²) in [4.78, 5) is 28.3. The summed E-state index contributed by atoms with van der Waals surface area (Å²) in [5.41, 5.74) is 1.08. The Morgan fingerprint density at radius 1 is 1.00 bits per heavy atom. The minimum atomic E-state index is -0.190. The average molecular weight is 356 g/mol. The highest BCUT2D eigenvalue weighted by Gasteiger charge is 2.20. The predicted molar refractivity (Wildman–Crippen MR) is 99.0 cm³/mol. The predicted octanol–water partition coefficient (Wildman–Crippen LogP) is 4.02. The third kappa shape index (κ3) is 3.55. The number of amides is 2. The zero-order valence-corrected chi connectivity index (χ0v) is 14.7. The Bertz CT molecular complexity index is 827. The van der Waals surface area contributed by atoms with E-state index in [4.69, 9.17) is 0 Å².